The molecule has 11 heteroatoms. The van der Waals surface area contributed by atoms with Crippen LogP contribution in [0.5, 0.6) is 5.88 Å². The molecule has 2 N–H and O–H groups in total. The number of halogens is 1. The molecule has 0 saturated carbocycles. The van der Waals surface area contributed by atoms with Gasteiger partial charge in [-0.05, 0) is 49.5 Å². The minimum absolute atomic E-state index is 0.0000603. The molecule has 1 atom stereocenters. The second kappa shape index (κ2) is 11.9. The first-order chi connectivity index (χ1) is 17.5. The summed E-state index contributed by atoms with van der Waals surface area (Å²) in [6.07, 6.45) is 8.91. The SMILES string of the molecule is COc1nc(N[C@@H]2CCN(C(=O)c3ccc(C=CC(=O)NC=O)c(N4CCCCC4)c3)C2)ncc1Cl. The highest BCUT2D eigenvalue weighted by Crippen LogP contribution is 2.28. The van der Waals surface area contributed by atoms with Crippen LogP contribution < -0.4 is 20.3 Å². The number of hydrogen-bond acceptors (Lipinski definition) is 8. The van der Waals surface area contributed by atoms with Gasteiger partial charge in [0.2, 0.25) is 24.1 Å². The molecule has 0 radical (unpaired) electrons. The molecule has 3 heterocycles. The highest BCUT2D eigenvalue weighted by molar-refractivity contribution is 6.31. The monoisotopic (exact) mass is 512 g/mol. The van der Waals surface area contributed by atoms with E-state index in [1.54, 1.807) is 12.1 Å². The Hall–Kier alpha value is -3.66. The van der Waals surface area contributed by atoms with Crippen LogP contribution in [0.25, 0.3) is 6.08 Å². The number of anilines is 2. The van der Waals surface area contributed by atoms with Gasteiger partial charge in [0.25, 0.3) is 5.91 Å². The van der Waals surface area contributed by atoms with Gasteiger partial charge in [0.1, 0.15) is 5.02 Å². The molecule has 1 aromatic carbocycles. The Bertz CT molecular complexity index is 1150. The van der Waals surface area contributed by atoms with Gasteiger partial charge in [-0.1, -0.05) is 17.7 Å². The first-order valence-electron chi connectivity index (χ1n) is 11.9. The Balaban J connectivity index is 1.48. The summed E-state index contributed by atoms with van der Waals surface area (Å²) >= 11 is 6.00. The average molecular weight is 513 g/mol. The Morgan fingerprint density at radius 2 is 2.00 bits per heavy atom. The molecule has 3 amide bonds. The van der Waals surface area contributed by atoms with Crippen molar-refractivity contribution >= 4 is 47.5 Å². The second-order valence-electron chi connectivity index (χ2n) is 8.71. The predicted molar refractivity (Wildman–Crippen MR) is 137 cm³/mol. The Kier molecular flexibility index (Phi) is 8.37. The normalized spacial score (nSPS) is 17.8. The van der Waals surface area contributed by atoms with Crippen LogP contribution in [0.3, 0.4) is 0 Å². The number of amides is 3. The van der Waals surface area contributed by atoms with E-state index in [0.717, 1.165) is 43.6 Å². The van der Waals surface area contributed by atoms with Crippen molar-refractivity contribution < 1.29 is 19.1 Å². The van der Waals surface area contributed by atoms with Gasteiger partial charge >= 0.3 is 0 Å². The molecule has 1 aromatic heterocycles. The number of rotatable bonds is 8. The van der Waals surface area contributed by atoms with Crippen LogP contribution in [0.15, 0.2) is 30.5 Å². The number of aromatic nitrogens is 2. The third kappa shape index (κ3) is 6.12. The highest BCUT2D eigenvalue weighted by Gasteiger charge is 2.28. The van der Waals surface area contributed by atoms with E-state index in [-0.39, 0.29) is 11.9 Å². The van der Waals surface area contributed by atoms with E-state index in [1.165, 1.54) is 25.8 Å². The van der Waals surface area contributed by atoms with Crippen molar-refractivity contribution in [3.8, 4) is 5.88 Å². The minimum atomic E-state index is -0.493. The number of piperidine rings is 1. The van der Waals surface area contributed by atoms with E-state index >= 15 is 0 Å². The van der Waals surface area contributed by atoms with Gasteiger partial charge in [0.15, 0.2) is 0 Å². The molecular weight excluding hydrogens is 484 g/mol. The lowest BCUT2D eigenvalue weighted by atomic mass is 10.0. The largest absolute Gasteiger partial charge is 0.480 e. The zero-order valence-electron chi connectivity index (χ0n) is 20.1. The number of benzene rings is 1. The lowest BCUT2D eigenvalue weighted by Crippen LogP contribution is -2.33. The van der Waals surface area contributed by atoms with Gasteiger partial charge in [-0.2, -0.15) is 4.98 Å². The van der Waals surface area contributed by atoms with E-state index in [1.807, 2.05) is 17.0 Å². The zero-order valence-corrected chi connectivity index (χ0v) is 20.8. The number of methoxy groups -OCH3 is 1. The molecule has 0 aliphatic carbocycles. The number of imide groups is 1. The summed E-state index contributed by atoms with van der Waals surface area (Å²) in [4.78, 5) is 48.1. The summed E-state index contributed by atoms with van der Waals surface area (Å²) in [7, 11) is 1.49. The molecule has 2 aliphatic heterocycles. The van der Waals surface area contributed by atoms with Gasteiger partial charge in [-0.25, -0.2) is 4.98 Å². The Labute approximate surface area is 214 Å². The van der Waals surface area contributed by atoms with Crippen LogP contribution in [0.2, 0.25) is 5.02 Å². The van der Waals surface area contributed by atoms with Crippen LogP contribution in [0, 0.1) is 0 Å². The van der Waals surface area contributed by atoms with Crippen molar-refractivity contribution in [2.24, 2.45) is 0 Å². The van der Waals surface area contributed by atoms with Crippen LogP contribution >= 0.6 is 11.6 Å². The first kappa shape index (κ1) is 25.4. The molecule has 10 nitrogen and oxygen atoms in total. The zero-order chi connectivity index (χ0) is 25.5. The summed E-state index contributed by atoms with van der Waals surface area (Å²) in [6, 6.07) is 5.53. The first-order valence-corrected chi connectivity index (χ1v) is 12.3. The maximum absolute atomic E-state index is 13.4. The van der Waals surface area contributed by atoms with Gasteiger partial charge < -0.3 is 19.9 Å². The summed E-state index contributed by atoms with van der Waals surface area (Å²) in [5.74, 6) is 0.148. The van der Waals surface area contributed by atoms with E-state index in [0.29, 0.717) is 41.9 Å². The van der Waals surface area contributed by atoms with Crippen molar-refractivity contribution in [3.63, 3.8) is 0 Å². The van der Waals surface area contributed by atoms with Gasteiger partial charge in [0, 0.05) is 49.5 Å². The fraction of sp³-hybridized carbons (Fsp3) is 0.400. The van der Waals surface area contributed by atoms with Crippen LogP contribution in [0.4, 0.5) is 11.6 Å². The summed E-state index contributed by atoms with van der Waals surface area (Å²) in [6.45, 7) is 2.89. The van der Waals surface area contributed by atoms with E-state index in [4.69, 9.17) is 16.3 Å². The molecule has 0 spiro atoms. The number of carbonyl (C=O) groups excluding carboxylic acids is 3. The lowest BCUT2D eigenvalue weighted by molar-refractivity contribution is -0.121. The van der Waals surface area contributed by atoms with E-state index in [2.05, 4.69) is 25.5 Å². The molecule has 4 rings (SSSR count). The van der Waals surface area contributed by atoms with Gasteiger partial charge in [-0.3, -0.25) is 19.7 Å². The van der Waals surface area contributed by atoms with E-state index in [9.17, 15) is 14.4 Å². The number of nitrogens with one attached hydrogen (secondary N) is 2. The van der Waals surface area contributed by atoms with Crippen molar-refractivity contribution in [3.05, 3.63) is 46.6 Å². The smallest absolute Gasteiger partial charge is 0.254 e. The molecule has 190 valence electrons. The Morgan fingerprint density at radius 1 is 1.19 bits per heavy atom. The van der Waals surface area contributed by atoms with Crippen LogP contribution in [0.1, 0.15) is 41.6 Å². The molecule has 2 aromatic rings. The van der Waals surface area contributed by atoms with Crippen LogP contribution in [-0.4, -0.2) is 72.4 Å². The number of likely N-dealkylation sites (tertiary alicyclic amines) is 1. The fourth-order valence-electron chi connectivity index (χ4n) is 4.49. The molecule has 0 bridgehead atoms. The van der Waals surface area contributed by atoms with Gasteiger partial charge in [0.05, 0.1) is 13.3 Å². The number of carbonyl (C=O) groups is 3. The predicted octanol–water partition coefficient (Wildman–Crippen LogP) is 2.74. The quantitative estimate of drug-likeness (QED) is 0.409. The number of nitrogens with zero attached hydrogens (tertiary/aromatic N) is 4. The maximum atomic E-state index is 13.4. The number of ether oxygens (including phenoxy) is 1. The Morgan fingerprint density at radius 3 is 2.75 bits per heavy atom. The van der Waals surface area contributed by atoms with Crippen molar-refractivity contribution in [1.29, 1.82) is 0 Å². The molecule has 2 aliphatic rings. The number of hydrogen-bond donors (Lipinski definition) is 2. The third-order valence-electron chi connectivity index (χ3n) is 6.30. The molecule has 36 heavy (non-hydrogen) atoms. The second-order valence-corrected chi connectivity index (χ2v) is 9.12. The molecule has 0 unspecified atom stereocenters. The van der Waals surface area contributed by atoms with Crippen molar-refractivity contribution in [2.75, 3.05) is 43.5 Å². The summed E-state index contributed by atoms with van der Waals surface area (Å²) < 4.78 is 5.15. The fourth-order valence-corrected chi connectivity index (χ4v) is 4.66. The van der Waals surface area contributed by atoms with Gasteiger partial charge in [-0.15, -0.1) is 0 Å². The van der Waals surface area contributed by atoms with Crippen LogP contribution in [-0.2, 0) is 9.59 Å². The lowest BCUT2D eigenvalue weighted by Gasteiger charge is -2.30. The maximum Gasteiger partial charge on any atom is 0.254 e. The average Bonchev–Trinajstić information content (AvgIpc) is 3.37. The molecule has 2 saturated heterocycles. The van der Waals surface area contributed by atoms with E-state index < -0.39 is 5.91 Å². The minimum Gasteiger partial charge on any atom is -0.480 e. The summed E-state index contributed by atoms with van der Waals surface area (Å²) in [5, 5.41) is 5.69. The summed E-state index contributed by atoms with van der Waals surface area (Å²) in [5.41, 5.74) is 2.32. The molecular formula is C25H29ClN6O4. The molecule has 2 fully saturated rings. The highest BCUT2D eigenvalue weighted by atomic mass is 35.5. The van der Waals surface area contributed by atoms with Crippen molar-refractivity contribution in [1.82, 2.24) is 20.2 Å². The van der Waals surface area contributed by atoms with Crippen molar-refractivity contribution in [2.45, 2.75) is 31.7 Å². The topological polar surface area (TPSA) is 117 Å². The third-order valence-corrected chi connectivity index (χ3v) is 6.56. The standard InChI is InChI=1S/C25H29ClN6O4/c1-36-23-20(26)14-27-25(30-23)29-19-9-12-32(15-19)24(35)18-6-5-17(7-8-22(34)28-16-33)21(13-18)31-10-3-2-4-11-31/h5-8,13-14,16,19H,2-4,9-12,15H2,1H3,(H,27,29,30)(H,28,33,34)/t19-/m1/s1.